The molecule has 2 N–H and O–H groups in total. The van der Waals surface area contributed by atoms with Crippen molar-refractivity contribution < 1.29 is 23.8 Å². The van der Waals surface area contributed by atoms with Crippen molar-refractivity contribution in [1.29, 1.82) is 0 Å². The summed E-state index contributed by atoms with van der Waals surface area (Å²) in [5.41, 5.74) is 0.318. The van der Waals surface area contributed by atoms with Crippen molar-refractivity contribution in [3.8, 4) is 5.75 Å². The first-order valence-electron chi connectivity index (χ1n) is 8.27. The molecule has 0 saturated heterocycles. The molecule has 6 heteroatoms. The van der Waals surface area contributed by atoms with Gasteiger partial charge < -0.3 is 15.2 Å². The molecule has 0 fully saturated rings. The fraction of sp³-hybridized carbons (Fsp3) is 0.300. The first kappa shape index (κ1) is 18.1. The molecule has 0 aliphatic carbocycles. The van der Waals surface area contributed by atoms with E-state index < -0.39 is 29.5 Å². The van der Waals surface area contributed by atoms with Gasteiger partial charge in [0.15, 0.2) is 5.78 Å². The molecule has 0 radical (unpaired) electrons. The van der Waals surface area contributed by atoms with E-state index in [1.807, 2.05) is 0 Å². The fourth-order valence-electron chi connectivity index (χ4n) is 3.00. The van der Waals surface area contributed by atoms with Crippen molar-refractivity contribution in [3.05, 3.63) is 65.0 Å². The Balaban J connectivity index is 1.99. The fourth-order valence-corrected chi connectivity index (χ4v) is 3.00. The highest BCUT2D eigenvalue weighted by atomic mass is 19.1. The molecule has 5 nitrogen and oxygen atoms in total. The van der Waals surface area contributed by atoms with Crippen LogP contribution in [-0.4, -0.2) is 28.5 Å². The van der Waals surface area contributed by atoms with Gasteiger partial charge >= 0.3 is 0 Å². The van der Waals surface area contributed by atoms with Crippen molar-refractivity contribution in [2.45, 2.75) is 38.5 Å². The second kappa shape index (κ2) is 6.53. The lowest BCUT2D eigenvalue weighted by molar-refractivity contribution is -0.0627. The normalized spacial score (nSPS) is 20.7. The number of benzene rings is 2. The van der Waals surface area contributed by atoms with Crippen LogP contribution in [0.15, 0.2) is 42.5 Å². The third-order valence-corrected chi connectivity index (χ3v) is 4.55. The molecule has 136 valence electrons. The van der Waals surface area contributed by atoms with Gasteiger partial charge in [0.25, 0.3) is 5.91 Å². The van der Waals surface area contributed by atoms with Crippen LogP contribution in [0.3, 0.4) is 0 Å². The number of hydrogen-bond acceptors (Lipinski definition) is 4. The highest BCUT2D eigenvalue weighted by molar-refractivity contribution is 5.95. The quantitative estimate of drug-likeness (QED) is 0.828. The molecule has 1 aliphatic heterocycles. The standard InChI is InChI=1S/C20H20FNO4/c1-11(23)13-6-9-16-15(10-13)17(18(24)20(2,3)26-16)22-19(25)12-4-7-14(21)8-5-12/h4-10,17-18,24H,1-3H3,(H,22,25)/t17-,18-/m0/s1. The van der Waals surface area contributed by atoms with Crippen LogP contribution < -0.4 is 10.1 Å². The van der Waals surface area contributed by atoms with Crippen LogP contribution in [0.2, 0.25) is 0 Å². The van der Waals surface area contributed by atoms with E-state index >= 15 is 0 Å². The Labute approximate surface area is 150 Å². The number of halogens is 1. The number of fused-ring (bicyclic) bond motifs is 1. The maximum atomic E-state index is 13.1. The molecule has 1 amide bonds. The number of amides is 1. The number of carbonyl (C=O) groups is 2. The molecule has 26 heavy (non-hydrogen) atoms. The molecule has 2 aromatic carbocycles. The minimum atomic E-state index is -1.04. The van der Waals surface area contributed by atoms with Crippen LogP contribution in [-0.2, 0) is 0 Å². The molecular formula is C20H20FNO4. The lowest BCUT2D eigenvalue weighted by Crippen LogP contribution is -2.53. The molecule has 2 aromatic rings. The van der Waals surface area contributed by atoms with Crippen molar-refractivity contribution in [2.75, 3.05) is 0 Å². The van der Waals surface area contributed by atoms with Crippen LogP contribution in [0.4, 0.5) is 4.39 Å². The lowest BCUT2D eigenvalue weighted by Gasteiger charge is -2.42. The van der Waals surface area contributed by atoms with E-state index in [-0.39, 0.29) is 11.3 Å². The summed E-state index contributed by atoms with van der Waals surface area (Å²) in [7, 11) is 0. The number of rotatable bonds is 3. The maximum Gasteiger partial charge on any atom is 0.251 e. The average Bonchev–Trinajstić information content (AvgIpc) is 2.58. The second-order valence-electron chi connectivity index (χ2n) is 6.92. The average molecular weight is 357 g/mol. The van der Waals surface area contributed by atoms with Crippen LogP contribution >= 0.6 is 0 Å². The Hall–Kier alpha value is -2.73. The van der Waals surface area contributed by atoms with E-state index in [9.17, 15) is 19.1 Å². The van der Waals surface area contributed by atoms with Gasteiger partial charge in [-0.1, -0.05) is 0 Å². The molecule has 0 saturated carbocycles. The molecule has 0 unspecified atom stereocenters. The monoisotopic (exact) mass is 357 g/mol. The Morgan fingerprint density at radius 1 is 1.12 bits per heavy atom. The SMILES string of the molecule is CC(=O)c1ccc2c(c1)[C@H](NC(=O)c1ccc(F)cc1)[C@H](O)C(C)(C)O2. The van der Waals surface area contributed by atoms with E-state index in [1.165, 1.54) is 31.2 Å². The van der Waals surface area contributed by atoms with Crippen molar-refractivity contribution in [1.82, 2.24) is 5.32 Å². The predicted molar refractivity (Wildman–Crippen MR) is 93.8 cm³/mol. The van der Waals surface area contributed by atoms with E-state index in [1.54, 1.807) is 32.0 Å². The molecular weight excluding hydrogens is 337 g/mol. The van der Waals surface area contributed by atoms with Gasteiger partial charge in [-0.15, -0.1) is 0 Å². The first-order chi connectivity index (χ1) is 12.2. The summed E-state index contributed by atoms with van der Waals surface area (Å²) >= 11 is 0. The van der Waals surface area contributed by atoms with Gasteiger partial charge in [0.1, 0.15) is 23.3 Å². The Morgan fingerprint density at radius 3 is 2.35 bits per heavy atom. The van der Waals surface area contributed by atoms with Gasteiger partial charge in [-0.2, -0.15) is 0 Å². The summed E-state index contributed by atoms with van der Waals surface area (Å²) in [6.45, 7) is 4.88. The summed E-state index contributed by atoms with van der Waals surface area (Å²) in [6.07, 6.45) is -1.04. The van der Waals surface area contributed by atoms with Crippen molar-refractivity contribution in [3.63, 3.8) is 0 Å². The van der Waals surface area contributed by atoms with Crippen LogP contribution in [0.1, 0.15) is 53.1 Å². The van der Waals surface area contributed by atoms with Gasteiger partial charge in [-0.25, -0.2) is 4.39 Å². The van der Waals surface area contributed by atoms with Crippen LogP contribution in [0.25, 0.3) is 0 Å². The summed E-state index contributed by atoms with van der Waals surface area (Å²) in [5, 5.41) is 13.5. The number of aliphatic hydroxyl groups excluding tert-OH is 1. The maximum absolute atomic E-state index is 13.1. The summed E-state index contributed by atoms with van der Waals surface area (Å²) < 4.78 is 18.9. The van der Waals surface area contributed by atoms with Crippen LogP contribution in [0.5, 0.6) is 5.75 Å². The Bertz CT molecular complexity index is 861. The third-order valence-electron chi connectivity index (χ3n) is 4.55. The number of ether oxygens (including phenoxy) is 1. The zero-order chi connectivity index (χ0) is 19.1. The highest BCUT2D eigenvalue weighted by Gasteiger charge is 2.43. The van der Waals surface area contributed by atoms with E-state index in [0.29, 0.717) is 16.9 Å². The minimum absolute atomic E-state index is 0.129. The van der Waals surface area contributed by atoms with E-state index in [4.69, 9.17) is 4.74 Å². The molecule has 0 aromatic heterocycles. The first-order valence-corrected chi connectivity index (χ1v) is 8.27. The second-order valence-corrected chi connectivity index (χ2v) is 6.92. The molecule has 1 heterocycles. The lowest BCUT2D eigenvalue weighted by atomic mass is 9.85. The van der Waals surface area contributed by atoms with E-state index in [0.717, 1.165) is 0 Å². The molecule has 3 rings (SSSR count). The largest absolute Gasteiger partial charge is 0.485 e. The summed E-state index contributed by atoms with van der Waals surface area (Å²) in [4.78, 5) is 24.3. The molecule has 2 atom stereocenters. The van der Waals surface area contributed by atoms with Gasteiger partial charge in [0.05, 0.1) is 6.04 Å². The molecule has 0 spiro atoms. The number of hydrogen-bond donors (Lipinski definition) is 2. The molecule has 1 aliphatic rings. The summed E-state index contributed by atoms with van der Waals surface area (Å²) in [6, 6.07) is 9.28. The topological polar surface area (TPSA) is 75.6 Å². The van der Waals surface area contributed by atoms with Crippen molar-refractivity contribution in [2.24, 2.45) is 0 Å². The van der Waals surface area contributed by atoms with Gasteiger partial charge in [0, 0.05) is 16.7 Å². The Kier molecular flexibility index (Phi) is 4.54. The smallest absolute Gasteiger partial charge is 0.251 e. The predicted octanol–water partition coefficient (Wildman–Crippen LogP) is 3.03. The van der Waals surface area contributed by atoms with Crippen LogP contribution in [0, 0.1) is 5.82 Å². The summed E-state index contributed by atoms with van der Waals surface area (Å²) in [5.74, 6) is -0.526. The number of aliphatic hydroxyl groups is 1. The van der Waals surface area contributed by atoms with Gasteiger partial charge in [-0.05, 0) is 63.2 Å². The van der Waals surface area contributed by atoms with Gasteiger partial charge in [0.2, 0.25) is 0 Å². The van der Waals surface area contributed by atoms with Gasteiger partial charge in [-0.3, -0.25) is 9.59 Å². The molecule has 0 bridgehead atoms. The number of Topliss-reactive ketones (excluding diaryl/α,β-unsaturated/α-hetero) is 1. The Morgan fingerprint density at radius 2 is 1.73 bits per heavy atom. The van der Waals surface area contributed by atoms with E-state index in [2.05, 4.69) is 5.32 Å². The third kappa shape index (κ3) is 3.32. The number of nitrogens with one attached hydrogen (secondary N) is 1. The zero-order valence-corrected chi connectivity index (χ0v) is 14.7. The number of carbonyl (C=O) groups excluding carboxylic acids is 2. The zero-order valence-electron chi connectivity index (χ0n) is 14.7. The minimum Gasteiger partial charge on any atom is -0.485 e. The highest BCUT2D eigenvalue weighted by Crippen LogP contribution is 2.40. The number of ketones is 1. The van der Waals surface area contributed by atoms with Crippen molar-refractivity contribution >= 4 is 11.7 Å².